The van der Waals surface area contributed by atoms with Gasteiger partial charge in [-0.05, 0) is 12.8 Å². The fraction of sp³-hybridized carbons (Fsp3) is 0.714. The molecule has 1 rings (SSSR count). The highest BCUT2D eigenvalue weighted by atomic mass is 15.1. The Morgan fingerprint density at radius 1 is 1.28 bits per heavy atom. The molecule has 102 valence electrons. The van der Waals surface area contributed by atoms with Crippen LogP contribution in [0.25, 0.3) is 0 Å². The van der Waals surface area contributed by atoms with Gasteiger partial charge >= 0.3 is 0 Å². The zero-order chi connectivity index (χ0) is 13.8. The SMILES string of the molecule is CCCC(CC)Nc1cc(N)nc(C(C)(C)C)n1. The Balaban J connectivity index is 2.92. The second-order valence-corrected chi connectivity index (χ2v) is 5.79. The molecule has 0 radical (unpaired) electrons. The molecule has 0 fully saturated rings. The normalized spacial score (nSPS) is 13.4. The summed E-state index contributed by atoms with van der Waals surface area (Å²) >= 11 is 0. The predicted octanol–water partition coefficient (Wildman–Crippen LogP) is 3.35. The van der Waals surface area contributed by atoms with E-state index < -0.39 is 0 Å². The maximum atomic E-state index is 5.86. The molecule has 1 unspecified atom stereocenters. The minimum atomic E-state index is -0.0850. The Bertz CT molecular complexity index is 382. The number of hydrogen-bond donors (Lipinski definition) is 2. The Morgan fingerprint density at radius 3 is 2.44 bits per heavy atom. The van der Waals surface area contributed by atoms with Crippen LogP contribution < -0.4 is 11.1 Å². The van der Waals surface area contributed by atoms with Crippen LogP contribution in [0.1, 0.15) is 59.7 Å². The van der Waals surface area contributed by atoms with Crippen molar-refractivity contribution in [3.63, 3.8) is 0 Å². The highest BCUT2D eigenvalue weighted by molar-refractivity contribution is 5.45. The molecule has 0 saturated heterocycles. The van der Waals surface area contributed by atoms with Crippen molar-refractivity contribution >= 4 is 11.6 Å². The van der Waals surface area contributed by atoms with Gasteiger partial charge < -0.3 is 11.1 Å². The molecule has 1 aromatic rings. The first-order valence-corrected chi connectivity index (χ1v) is 6.78. The summed E-state index contributed by atoms with van der Waals surface area (Å²) in [6.07, 6.45) is 3.39. The lowest BCUT2D eigenvalue weighted by molar-refractivity contribution is 0.545. The number of anilines is 2. The minimum Gasteiger partial charge on any atom is -0.384 e. The van der Waals surface area contributed by atoms with Crippen LogP contribution in [0.3, 0.4) is 0 Å². The van der Waals surface area contributed by atoms with Crippen molar-refractivity contribution in [1.29, 1.82) is 0 Å². The summed E-state index contributed by atoms with van der Waals surface area (Å²) < 4.78 is 0. The first-order valence-electron chi connectivity index (χ1n) is 6.78. The van der Waals surface area contributed by atoms with Gasteiger partial charge in [-0.2, -0.15) is 0 Å². The second-order valence-electron chi connectivity index (χ2n) is 5.79. The van der Waals surface area contributed by atoms with Gasteiger partial charge in [0.25, 0.3) is 0 Å². The Hall–Kier alpha value is -1.32. The summed E-state index contributed by atoms with van der Waals surface area (Å²) in [5, 5.41) is 3.45. The number of nitrogens with zero attached hydrogens (tertiary/aromatic N) is 2. The third kappa shape index (κ3) is 4.17. The number of nitrogen functional groups attached to an aromatic ring is 1. The van der Waals surface area contributed by atoms with Crippen LogP contribution in [-0.4, -0.2) is 16.0 Å². The maximum Gasteiger partial charge on any atom is 0.138 e. The molecular weight excluding hydrogens is 224 g/mol. The van der Waals surface area contributed by atoms with Gasteiger partial charge in [0.2, 0.25) is 0 Å². The summed E-state index contributed by atoms with van der Waals surface area (Å²) in [6, 6.07) is 2.27. The summed E-state index contributed by atoms with van der Waals surface area (Å²) in [5.74, 6) is 2.16. The van der Waals surface area contributed by atoms with E-state index in [4.69, 9.17) is 5.73 Å². The molecule has 0 aliphatic heterocycles. The van der Waals surface area contributed by atoms with E-state index in [2.05, 4.69) is 49.9 Å². The van der Waals surface area contributed by atoms with E-state index in [1.165, 1.54) is 0 Å². The molecule has 0 aromatic carbocycles. The van der Waals surface area contributed by atoms with Crippen LogP contribution >= 0.6 is 0 Å². The van der Waals surface area contributed by atoms with Gasteiger partial charge in [0.05, 0.1) is 0 Å². The fourth-order valence-electron chi connectivity index (χ4n) is 1.81. The van der Waals surface area contributed by atoms with Gasteiger partial charge in [-0.3, -0.25) is 0 Å². The van der Waals surface area contributed by atoms with Gasteiger partial charge in [0.1, 0.15) is 17.5 Å². The zero-order valence-corrected chi connectivity index (χ0v) is 12.2. The van der Waals surface area contributed by atoms with Crippen LogP contribution in [-0.2, 0) is 5.41 Å². The lowest BCUT2D eigenvalue weighted by Crippen LogP contribution is -2.22. The molecule has 1 aromatic heterocycles. The molecule has 1 atom stereocenters. The van der Waals surface area contributed by atoms with Crippen molar-refractivity contribution in [2.45, 2.75) is 65.3 Å². The van der Waals surface area contributed by atoms with Crippen molar-refractivity contribution in [2.24, 2.45) is 0 Å². The van der Waals surface area contributed by atoms with E-state index in [1.54, 1.807) is 0 Å². The quantitative estimate of drug-likeness (QED) is 0.841. The Kier molecular flexibility index (Phi) is 4.93. The molecule has 4 nitrogen and oxygen atoms in total. The van der Waals surface area contributed by atoms with Gasteiger partial charge in [-0.15, -0.1) is 0 Å². The summed E-state index contributed by atoms with van der Waals surface area (Å²) in [4.78, 5) is 8.88. The molecular formula is C14H26N4. The lowest BCUT2D eigenvalue weighted by Gasteiger charge is -2.21. The highest BCUT2D eigenvalue weighted by Gasteiger charge is 2.19. The molecule has 18 heavy (non-hydrogen) atoms. The Labute approximate surface area is 110 Å². The topological polar surface area (TPSA) is 63.8 Å². The minimum absolute atomic E-state index is 0.0850. The summed E-state index contributed by atoms with van der Waals surface area (Å²) in [7, 11) is 0. The number of aromatic nitrogens is 2. The first kappa shape index (κ1) is 14.7. The van der Waals surface area contributed by atoms with Crippen LogP contribution in [0.4, 0.5) is 11.6 Å². The zero-order valence-electron chi connectivity index (χ0n) is 12.2. The number of hydrogen-bond acceptors (Lipinski definition) is 4. The van der Waals surface area contributed by atoms with Gasteiger partial charge in [0.15, 0.2) is 0 Å². The predicted molar refractivity (Wildman–Crippen MR) is 77.8 cm³/mol. The molecule has 4 heteroatoms. The molecule has 0 aliphatic carbocycles. The summed E-state index contributed by atoms with van der Waals surface area (Å²) in [5.41, 5.74) is 5.77. The van der Waals surface area contributed by atoms with Crippen LogP contribution in [0.5, 0.6) is 0 Å². The van der Waals surface area contributed by atoms with Crippen molar-refractivity contribution < 1.29 is 0 Å². The molecule has 3 N–H and O–H groups in total. The third-order valence-electron chi connectivity index (χ3n) is 2.90. The largest absolute Gasteiger partial charge is 0.384 e. The molecule has 0 saturated carbocycles. The van der Waals surface area contributed by atoms with E-state index in [1.807, 2.05) is 6.07 Å². The highest BCUT2D eigenvalue weighted by Crippen LogP contribution is 2.22. The van der Waals surface area contributed by atoms with Crippen LogP contribution in [0.2, 0.25) is 0 Å². The lowest BCUT2D eigenvalue weighted by atomic mass is 9.96. The summed E-state index contributed by atoms with van der Waals surface area (Å²) in [6.45, 7) is 10.7. The average Bonchev–Trinajstić information content (AvgIpc) is 2.26. The maximum absolute atomic E-state index is 5.86. The number of nitrogens with two attached hydrogens (primary N) is 1. The fourth-order valence-corrected chi connectivity index (χ4v) is 1.81. The van der Waals surface area contributed by atoms with Gasteiger partial charge in [-0.25, -0.2) is 9.97 Å². The van der Waals surface area contributed by atoms with Crippen molar-refractivity contribution in [3.05, 3.63) is 11.9 Å². The van der Waals surface area contributed by atoms with Gasteiger partial charge in [-0.1, -0.05) is 41.0 Å². The monoisotopic (exact) mass is 250 g/mol. The Morgan fingerprint density at radius 2 is 1.94 bits per heavy atom. The second kappa shape index (κ2) is 6.03. The van der Waals surface area contributed by atoms with Crippen molar-refractivity contribution in [2.75, 3.05) is 11.1 Å². The molecule has 0 aliphatic rings. The number of rotatable bonds is 5. The average molecular weight is 250 g/mol. The third-order valence-corrected chi connectivity index (χ3v) is 2.90. The van der Waals surface area contributed by atoms with Crippen LogP contribution in [0, 0.1) is 0 Å². The van der Waals surface area contributed by atoms with E-state index in [9.17, 15) is 0 Å². The molecule has 0 bridgehead atoms. The first-order chi connectivity index (χ1) is 8.36. The van der Waals surface area contributed by atoms with E-state index in [0.29, 0.717) is 11.9 Å². The van der Waals surface area contributed by atoms with Gasteiger partial charge in [0, 0.05) is 17.5 Å². The molecule has 0 spiro atoms. The standard InChI is InChI=1S/C14H26N4/c1-6-8-10(7-2)16-12-9-11(15)17-13(18-12)14(3,4)5/h9-10H,6-8H2,1-5H3,(H3,15,16,17,18). The number of nitrogens with one attached hydrogen (secondary N) is 1. The van der Waals surface area contributed by atoms with Crippen LogP contribution in [0.15, 0.2) is 6.07 Å². The van der Waals surface area contributed by atoms with E-state index in [-0.39, 0.29) is 5.41 Å². The van der Waals surface area contributed by atoms with Crippen molar-refractivity contribution in [3.8, 4) is 0 Å². The molecule has 1 heterocycles. The molecule has 0 amide bonds. The smallest absolute Gasteiger partial charge is 0.138 e. The van der Waals surface area contributed by atoms with Crippen molar-refractivity contribution in [1.82, 2.24) is 9.97 Å². The van der Waals surface area contributed by atoms with E-state index >= 15 is 0 Å². The van der Waals surface area contributed by atoms with E-state index in [0.717, 1.165) is 30.9 Å².